The predicted molar refractivity (Wildman–Crippen MR) is 105 cm³/mol. The Labute approximate surface area is 159 Å². The molecule has 0 atom stereocenters. The molecule has 2 aromatic carbocycles. The first-order valence-electron chi connectivity index (χ1n) is 8.59. The number of H-pyrrole nitrogens is 2. The van der Waals surface area contributed by atoms with Crippen LogP contribution in [0.4, 0.5) is 0 Å². The maximum atomic E-state index is 12.6. The van der Waals surface area contributed by atoms with Crippen LogP contribution in [0.2, 0.25) is 5.02 Å². The van der Waals surface area contributed by atoms with E-state index < -0.39 is 5.69 Å². The number of hydrogen-bond acceptors (Lipinski definition) is 2. The van der Waals surface area contributed by atoms with Gasteiger partial charge >= 0.3 is 11.2 Å². The summed E-state index contributed by atoms with van der Waals surface area (Å²) in [7, 11) is 1.46. The summed E-state index contributed by atoms with van der Waals surface area (Å²) in [6.45, 7) is 0.602. The predicted octanol–water partition coefficient (Wildman–Crippen LogP) is 2.41. The summed E-state index contributed by atoms with van der Waals surface area (Å²) in [6.07, 6.45) is 0.760. The van der Waals surface area contributed by atoms with E-state index in [0.29, 0.717) is 22.7 Å². The van der Waals surface area contributed by atoms with Crippen molar-refractivity contribution >= 4 is 22.8 Å². The number of imidazole rings is 1. The Balaban J connectivity index is 1.90. The topological polar surface area (TPSA) is 74.5 Å². The maximum Gasteiger partial charge on any atom is 0.386 e. The average Bonchev–Trinajstić information content (AvgIpc) is 3.04. The minimum Gasteiger partial charge on any atom is -0.265 e. The molecular formula is C20H18ClN4O2+. The van der Waals surface area contributed by atoms with Crippen molar-refractivity contribution in [1.82, 2.24) is 14.5 Å². The van der Waals surface area contributed by atoms with Crippen LogP contribution in [0.25, 0.3) is 22.6 Å². The van der Waals surface area contributed by atoms with E-state index in [1.165, 1.54) is 12.6 Å². The third-order valence-electron chi connectivity index (χ3n) is 4.65. The van der Waals surface area contributed by atoms with Gasteiger partial charge in [0.1, 0.15) is 0 Å². The molecule has 4 aromatic rings. The highest BCUT2D eigenvalue weighted by atomic mass is 35.5. The molecule has 0 amide bonds. The zero-order valence-corrected chi connectivity index (χ0v) is 15.5. The first-order chi connectivity index (χ1) is 13.0. The molecule has 2 aromatic heterocycles. The highest BCUT2D eigenvalue weighted by molar-refractivity contribution is 6.30. The minimum absolute atomic E-state index is 0.359. The van der Waals surface area contributed by atoms with E-state index >= 15 is 0 Å². The third kappa shape index (κ3) is 3.19. The first kappa shape index (κ1) is 17.3. The van der Waals surface area contributed by atoms with Crippen LogP contribution in [-0.4, -0.2) is 14.5 Å². The third-order valence-corrected chi connectivity index (χ3v) is 4.91. The number of nitrogens with one attached hydrogen (secondary N) is 2. The second-order valence-corrected chi connectivity index (χ2v) is 6.82. The second kappa shape index (κ2) is 6.89. The molecule has 4 rings (SSSR count). The number of fused-ring (bicyclic) bond motifs is 1. The van der Waals surface area contributed by atoms with Gasteiger partial charge in [-0.15, -0.1) is 0 Å². The molecule has 0 saturated heterocycles. The van der Waals surface area contributed by atoms with E-state index in [2.05, 4.69) is 22.1 Å². The van der Waals surface area contributed by atoms with E-state index in [9.17, 15) is 9.59 Å². The van der Waals surface area contributed by atoms with Crippen LogP contribution >= 0.6 is 11.6 Å². The van der Waals surface area contributed by atoms with Gasteiger partial charge in [-0.3, -0.25) is 9.78 Å². The highest BCUT2D eigenvalue weighted by Crippen LogP contribution is 2.19. The van der Waals surface area contributed by atoms with Gasteiger partial charge in [-0.2, -0.15) is 0 Å². The van der Waals surface area contributed by atoms with E-state index in [1.54, 1.807) is 12.1 Å². The number of halogens is 1. The van der Waals surface area contributed by atoms with Crippen LogP contribution in [0, 0.1) is 0 Å². The SMILES string of the molecule is Cn1c(=O)[nH]c2c([nH]c(-c3ccc(Cl)cc3)[n+]2CCc2ccccc2)c1=O. The second-order valence-electron chi connectivity index (χ2n) is 6.39. The van der Waals surface area contributed by atoms with Gasteiger partial charge in [0.2, 0.25) is 11.3 Å². The molecule has 0 radical (unpaired) electrons. The molecule has 27 heavy (non-hydrogen) atoms. The van der Waals surface area contributed by atoms with E-state index in [1.807, 2.05) is 34.9 Å². The Bertz CT molecular complexity index is 1220. The van der Waals surface area contributed by atoms with Gasteiger partial charge in [-0.1, -0.05) is 41.9 Å². The number of aromatic nitrogens is 4. The van der Waals surface area contributed by atoms with Gasteiger partial charge < -0.3 is 0 Å². The van der Waals surface area contributed by atoms with Crippen LogP contribution in [0.5, 0.6) is 0 Å². The molecule has 0 fully saturated rings. The largest absolute Gasteiger partial charge is 0.386 e. The van der Waals surface area contributed by atoms with Crippen molar-refractivity contribution in [3.05, 3.63) is 86.0 Å². The number of nitrogens with zero attached hydrogens (tertiary/aromatic N) is 2. The van der Waals surface area contributed by atoms with Crippen molar-refractivity contribution in [1.29, 1.82) is 0 Å². The number of benzene rings is 2. The van der Waals surface area contributed by atoms with Crippen molar-refractivity contribution in [2.75, 3.05) is 0 Å². The summed E-state index contributed by atoms with van der Waals surface area (Å²) in [5.41, 5.74) is 2.11. The monoisotopic (exact) mass is 381 g/mol. The van der Waals surface area contributed by atoms with E-state index in [0.717, 1.165) is 22.4 Å². The lowest BCUT2D eigenvalue weighted by atomic mass is 10.1. The van der Waals surface area contributed by atoms with E-state index in [4.69, 9.17) is 11.6 Å². The van der Waals surface area contributed by atoms with Gasteiger partial charge in [0.25, 0.3) is 5.65 Å². The Morgan fingerprint density at radius 2 is 1.70 bits per heavy atom. The average molecular weight is 382 g/mol. The molecule has 136 valence electrons. The van der Waals surface area contributed by atoms with Crippen molar-refractivity contribution in [3.63, 3.8) is 0 Å². The molecule has 0 spiro atoms. The van der Waals surface area contributed by atoms with Crippen molar-refractivity contribution in [2.24, 2.45) is 7.05 Å². The van der Waals surface area contributed by atoms with Crippen molar-refractivity contribution < 1.29 is 4.57 Å². The maximum absolute atomic E-state index is 12.6. The molecule has 2 N–H and O–H groups in total. The highest BCUT2D eigenvalue weighted by Gasteiger charge is 2.23. The van der Waals surface area contributed by atoms with Crippen LogP contribution in [0.1, 0.15) is 5.56 Å². The number of rotatable bonds is 4. The van der Waals surface area contributed by atoms with Gasteiger partial charge in [0, 0.05) is 24.1 Å². The zero-order chi connectivity index (χ0) is 19.0. The lowest BCUT2D eigenvalue weighted by Crippen LogP contribution is -2.40. The lowest BCUT2D eigenvalue weighted by molar-refractivity contribution is -0.661. The van der Waals surface area contributed by atoms with Crippen LogP contribution in [0.15, 0.2) is 64.2 Å². The summed E-state index contributed by atoms with van der Waals surface area (Å²) < 4.78 is 3.00. The van der Waals surface area contributed by atoms with Gasteiger partial charge in [-0.25, -0.2) is 18.9 Å². The Morgan fingerprint density at radius 1 is 1.00 bits per heavy atom. The normalized spacial score (nSPS) is 11.2. The fourth-order valence-electron chi connectivity index (χ4n) is 3.17. The molecular weight excluding hydrogens is 364 g/mol. The summed E-state index contributed by atoms with van der Waals surface area (Å²) in [6, 6.07) is 17.4. The lowest BCUT2D eigenvalue weighted by Gasteiger charge is -2.05. The van der Waals surface area contributed by atoms with Crippen LogP contribution in [0.3, 0.4) is 0 Å². The number of aromatic amines is 2. The zero-order valence-electron chi connectivity index (χ0n) is 14.7. The smallest absolute Gasteiger partial charge is 0.265 e. The molecule has 0 saturated carbocycles. The first-order valence-corrected chi connectivity index (χ1v) is 8.97. The molecule has 0 aliphatic carbocycles. The molecule has 0 bridgehead atoms. The molecule has 0 aliphatic heterocycles. The molecule has 7 heteroatoms. The minimum atomic E-state index is -0.442. The number of aryl methyl sites for hydroxylation is 2. The van der Waals surface area contributed by atoms with E-state index in [-0.39, 0.29) is 5.56 Å². The molecule has 6 nitrogen and oxygen atoms in total. The molecule has 2 heterocycles. The summed E-state index contributed by atoms with van der Waals surface area (Å²) in [5.74, 6) is 0.747. The summed E-state index contributed by atoms with van der Waals surface area (Å²) in [5, 5.41) is 0.634. The molecule has 0 unspecified atom stereocenters. The van der Waals surface area contributed by atoms with Crippen molar-refractivity contribution in [2.45, 2.75) is 13.0 Å². The Kier molecular flexibility index (Phi) is 4.41. The van der Waals surface area contributed by atoms with Gasteiger partial charge in [-0.05, 0) is 29.8 Å². The quantitative estimate of drug-likeness (QED) is 0.533. The Morgan fingerprint density at radius 3 is 2.41 bits per heavy atom. The van der Waals surface area contributed by atoms with Crippen LogP contribution in [-0.2, 0) is 20.0 Å². The van der Waals surface area contributed by atoms with Crippen LogP contribution < -0.4 is 15.8 Å². The summed E-state index contributed by atoms with van der Waals surface area (Å²) in [4.78, 5) is 30.7. The fraction of sp³-hybridized carbons (Fsp3) is 0.150. The van der Waals surface area contributed by atoms with Gasteiger partial charge in [0.15, 0.2) is 0 Å². The Hall–Kier alpha value is -3.12. The van der Waals surface area contributed by atoms with Crippen molar-refractivity contribution in [3.8, 4) is 11.4 Å². The standard InChI is InChI=1S/C20H17ClN4O2/c1-24-19(26)16-18(23-20(24)27)25(12-11-13-5-3-2-4-6-13)17(22-16)14-7-9-15(21)10-8-14/h2-10H,11-12H2,1H3,(H,23,26,27)/p+1. The molecule has 0 aliphatic rings. The summed E-state index contributed by atoms with van der Waals surface area (Å²) >= 11 is 6.01. The van der Waals surface area contributed by atoms with Gasteiger partial charge in [0.05, 0.1) is 6.54 Å². The number of hydrogen-bond donors (Lipinski definition) is 2. The fourth-order valence-corrected chi connectivity index (χ4v) is 3.29.